The highest BCUT2D eigenvalue weighted by Gasteiger charge is 2.26. The molecule has 0 aliphatic carbocycles. The molecule has 21 heavy (non-hydrogen) atoms. The average molecular weight is 307 g/mol. The van der Waals surface area contributed by atoms with Crippen molar-refractivity contribution in [1.82, 2.24) is 0 Å². The summed E-state index contributed by atoms with van der Waals surface area (Å²) < 4.78 is 28.2. The Morgan fingerprint density at radius 2 is 1.57 bits per heavy atom. The summed E-state index contributed by atoms with van der Waals surface area (Å²) in [5, 5.41) is 10.8. The molecule has 2 aromatic rings. The Kier molecular flexibility index (Phi) is 3.99. The molecule has 0 aromatic heterocycles. The van der Waals surface area contributed by atoms with Gasteiger partial charge >= 0.3 is 16.1 Å². The van der Waals surface area contributed by atoms with E-state index >= 15 is 0 Å². The number of hydrogen-bond acceptors (Lipinski definition) is 6. The topological polar surface area (TPSA) is 104 Å². The van der Waals surface area contributed by atoms with Crippen molar-refractivity contribution >= 4 is 21.8 Å². The summed E-state index contributed by atoms with van der Waals surface area (Å²) in [5.41, 5.74) is -0.951. The molecule has 0 radical (unpaired) electrons. The lowest BCUT2D eigenvalue weighted by Crippen LogP contribution is -2.14. The van der Waals surface area contributed by atoms with Gasteiger partial charge in [-0.25, -0.2) is 4.79 Å². The molecule has 0 atom stereocenters. The van der Waals surface area contributed by atoms with Crippen molar-refractivity contribution in [2.24, 2.45) is 0 Å². The summed E-state index contributed by atoms with van der Waals surface area (Å²) in [6.07, 6.45) is 0. The molecule has 0 amide bonds. The Labute approximate surface area is 120 Å². The van der Waals surface area contributed by atoms with Crippen molar-refractivity contribution in [3.63, 3.8) is 0 Å². The second kappa shape index (κ2) is 5.71. The van der Waals surface area contributed by atoms with E-state index in [0.29, 0.717) is 0 Å². The summed E-state index contributed by atoms with van der Waals surface area (Å²) in [7, 11) is -4.32. The number of nitrogens with zero attached hydrogens (tertiary/aromatic N) is 1. The maximum absolute atomic E-state index is 11.9. The third kappa shape index (κ3) is 3.23. The minimum atomic E-state index is -4.32. The van der Waals surface area contributed by atoms with Gasteiger partial charge in [0.1, 0.15) is 10.5 Å². The second-order valence-electron chi connectivity index (χ2n) is 3.91. The minimum absolute atomic E-state index is 0.211. The molecule has 7 nitrogen and oxygen atoms in total. The van der Waals surface area contributed by atoms with Crippen LogP contribution >= 0.6 is 0 Å². The molecule has 2 rings (SSSR count). The fourth-order valence-electron chi connectivity index (χ4n) is 1.59. The van der Waals surface area contributed by atoms with Crippen LogP contribution in [0, 0.1) is 10.1 Å². The van der Waals surface area contributed by atoms with E-state index in [2.05, 4.69) is 4.18 Å². The maximum atomic E-state index is 11.9. The second-order valence-corrected chi connectivity index (χ2v) is 5.46. The number of nitro groups is 1. The molecule has 8 heteroatoms. The first-order chi connectivity index (χ1) is 9.92. The molecule has 0 spiro atoms. The van der Waals surface area contributed by atoms with Gasteiger partial charge in [0.15, 0.2) is 0 Å². The van der Waals surface area contributed by atoms with E-state index in [9.17, 15) is 23.3 Å². The van der Waals surface area contributed by atoms with Crippen molar-refractivity contribution in [3.05, 3.63) is 70.3 Å². The highest BCUT2D eigenvalue weighted by molar-refractivity contribution is 7.87. The van der Waals surface area contributed by atoms with E-state index in [4.69, 9.17) is 0 Å². The fourth-order valence-corrected chi connectivity index (χ4v) is 2.46. The van der Waals surface area contributed by atoms with Gasteiger partial charge in [0.25, 0.3) is 5.69 Å². The fraction of sp³-hybridized carbons (Fsp3) is 0. The molecule has 0 unspecified atom stereocenters. The first-order valence-electron chi connectivity index (χ1n) is 5.69. The van der Waals surface area contributed by atoms with Crippen molar-refractivity contribution < 1.29 is 22.3 Å². The molecule has 0 saturated carbocycles. The molecule has 0 heterocycles. The number of para-hydroxylation sites is 1. The Hall–Kier alpha value is -2.74. The summed E-state index contributed by atoms with van der Waals surface area (Å²) in [4.78, 5) is 21.7. The Balaban J connectivity index is 2.33. The van der Waals surface area contributed by atoms with Crippen LogP contribution < -0.4 is 0 Å². The van der Waals surface area contributed by atoms with Crippen LogP contribution in [0.15, 0.2) is 59.5 Å². The lowest BCUT2D eigenvalue weighted by Gasteiger charge is -2.05. The lowest BCUT2D eigenvalue weighted by molar-refractivity contribution is -0.385. The Bertz CT molecular complexity index is 785. The molecule has 0 aliphatic heterocycles. The van der Waals surface area contributed by atoms with Gasteiger partial charge in [-0.05, 0) is 18.2 Å². The molecule has 0 N–H and O–H groups in total. The van der Waals surface area contributed by atoms with Crippen LogP contribution in [-0.2, 0) is 14.3 Å². The smallest absolute Gasteiger partial charge is 0.337 e. The van der Waals surface area contributed by atoms with Crippen LogP contribution in [0.25, 0.3) is 0 Å². The van der Waals surface area contributed by atoms with Gasteiger partial charge in [-0.15, -0.1) is 0 Å². The highest BCUT2D eigenvalue weighted by atomic mass is 32.2. The minimum Gasteiger partial charge on any atom is -0.337 e. The first-order valence-corrected chi connectivity index (χ1v) is 7.10. The zero-order valence-electron chi connectivity index (χ0n) is 10.5. The first kappa shape index (κ1) is 14.7. The Morgan fingerprint density at radius 1 is 1.00 bits per heavy atom. The predicted molar refractivity (Wildman–Crippen MR) is 72.1 cm³/mol. The van der Waals surface area contributed by atoms with Crippen LogP contribution in [0.5, 0.6) is 0 Å². The van der Waals surface area contributed by atoms with E-state index < -0.39 is 32.3 Å². The van der Waals surface area contributed by atoms with Gasteiger partial charge in [-0.3, -0.25) is 10.1 Å². The molecule has 108 valence electrons. The summed E-state index contributed by atoms with van der Waals surface area (Å²) in [6, 6.07) is 12.0. The molecule has 2 aromatic carbocycles. The maximum Gasteiger partial charge on any atom is 0.361 e. The number of carbonyl (C=O) groups excluding carboxylic acids is 1. The van der Waals surface area contributed by atoms with E-state index in [1.165, 1.54) is 36.4 Å². The molecule has 0 bridgehead atoms. The van der Waals surface area contributed by atoms with Crippen LogP contribution in [0.3, 0.4) is 0 Å². The zero-order valence-corrected chi connectivity index (χ0v) is 11.3. The van der Waals surface area contributed by atoms with Crippen LogP contribution in [0.1, 0.15) is 10.4 Å². The predicted octanol–water partition coefficient (Wildman–Crippen LogP) is 2.14. The molecular weight excluding hydrogens is 298 g/mol. The van der Waals surface area contributed by atoms with Crippen LogP contribution in [0.2, 0.25) is 0 Å². The summed E-state index contributed by atoms with van der Waals surface area (Å²) in [5.74, 6) is -1.30. The normalized spacial score (nSPS) is 10.9. The lowest BCUT2D eigenvalue weighted by atomic mass is 10.2. The van der Waals surface area contributed by atoms with Gasteiger partial charge in [-0.1, -0.05) is 30.3 Å². The monoisotopic (exact) mass is 307 g/mol. The van der Waals surface area contributed by atoms with Gasteiger partial charge in [-0.2, -0.15) is 8.42 Å². The number of rotatable bonds is 4. The molecule has 0 saturated heterocycles. The van der Waals surface area contributed by atoms with Crippen LogP contribution in [-0.4, -0.2) is 19.3 Å². The largest absolute Gasteiger partial charge is 0.361 e. The average Bonchev–Trinajstić information content (AvgIpc) is 2.47. The summed E-state index contributed by atoms with van der Waals surface area (Å²) in [6.45, 7) is 0. The molecule has 0 aliphatic rings. The van der Waals surface area contributed by atoms with Crippen molar-refractivity contribution in [2.45, 2.75) is 4.90 Å². The standard InChI is InChI=1S/C13H9NO6S/c15-13(11-8-4-5-9-12(11)14(16)17)20-21(18,19)10-6-2-1-3-7-10/h1-9H. The third-order valence-electron chi connectivity index (χ3n) is 2.54. The van der Waals surface area contributed by atoms with E-state index in [1.807, 2.05) is 0 Å². The third-order valence-corrected chi connectivity index (χ3v) is 3.76. The SMILES string of the molecule is O=C(OS(=O)(=O)c1ccccc1)c1ccccc1[N+](=O)[O-]. The highest BCUT2D eigenvalue weighted by Crippen LogP contribution is 2.21. The molecule has 0 fully saturated rings. The van der Waals surface area contributed by atoms with Gasteiger partial charge < -0.3 is 4.18 Å². The van der Waals surface area contributed by atoms with Crippen molar-refractivity contribution in [2.75, 3.05) is 0 Å². The number of benzene rings is 2. The van der Waals surface area contributed by atoms with E-state index in [1.54, 1.807) is 6.07 Å². The number of carbonyl (C=O) groups is 1. The van der Waals surface area contributed by atoms with Crippen LogP contribution in [0.4, 0.5) is 5.69 Å². The van der Waals surface area contributed by atoms with Gasteiger partial charge in [0.05, 0.1) is 4.92 Å². The quantitative estimate of drug-likeness (QED) is 0.487. The zero-order chi connectivity index (χ0) is 15.5. The summed E-state index contributed by atoms with van der Waals surface area (Å²) >= 11 is 0. The van der Waals surface area contributed by atoms with Gasteiger partial charge in [0, 0.05) is 6.07 Å². The number of nitro benzene ring substituents is 1. The van der Waals surface area contributed by atoms with Crippen molar-refractivity contribution in [1.29, 1.82) is 0 Å². The van der Waals surface area contributed by atoms with E-state index in [-0.39, 0.29) is 4.90 Å². The molecular formula is C13H9NO6S. The number of hydrogen-bond donors (Lipinski definition) is 0. The van der Waals surface area contributed by atoms with Gasteiger partial charge in [0.2, 0.25) is 0 Å². The van der Waals surface area contributed by atoms with Crippen molar-refractivity contribution in [3.8, 4) is 0 Å². The van der Waals surface area contributed by atoms with E-state index in [0.717, 1.165) is 12.1 Å². The Morgan fingerprint density at radius 3 is 2.19 bits per heavy atom.